The Morgan fingerprint density at radius 1 is 0.468 bits per heavy atom. The van der Waals surface area contributed by atoms with Crippen LogP contribution in [-0.2, 0) is 0 Å². The Morgan fingerprint density at radius 3 is 1.83 bits per heavy atom. The highest BCUT2D eigenvalue weighted by molar-refractivity contribution is 6.23. The summed E-state index contributed by atoms with van der Waals surface area (Å²) in [6.07, 6.45) is 0. The number of fused-ring (bicyclic) bond motifs is 10. The van der Waals surface area contributed by atoms with Crippen molar-refractivity contribution >= 4 is 71.2 Å². The maximum Gasteiger partial charge on any atom is 0.195 e. The summed E-state index contributed by atoms with van der Waals surface area (Å²) in [6, 6.07) is 52.9. The molecule has 0 saturated carbocycles. The molecule has 7 aromatic carbocycles. The average molecular weight is 600 g/mol. The van der Waals surface area contributed by atoms with Gasteiger partial charge in [0.15, 0.2) is 5.69 Å². The molecule has 10 rings (SSSR count). The van der Waals surface area contributed by atoms with E-state index in [0.29, 0.717) is 5.69 Å². The van der Waals surface area contributed by atoms with Gasteiger partial charge in [-0.15, -0.1) is 0 Å². The molecule has 4 nitrogen and oxygen atoms in total. The highest BCUT2D eigenvalue weighted by Gasteiger charge is 2.20. The van der Waals surface area contributed by atoms with E-state index in [-0.39, 0.29) is 0 Å². The lowest BCUT2D eigenvalue weighted by Gasteiger charge is -2.14. The molecule has 0 amide bonds. The van der Waals surface area contributed by atoms with Crippen LogP contribution in [0.3, 0.4) is 0 Å². The molecule has 0 atom stereocenters. The monoisotopic (exact) mass is 599 g/mol. The SMILES string of the molecule is [C-]#[N+]c1ccc(-n2c3ccccc3c3c4oc5ccccc5c4ccc32)cc1-c1cccc(-n2c3ccccc3c3ccccc32)c1. The van der Waals surface area contributed by atoms with Gasteiger partial charge in [-0.2, -0.15) is 0 Å². The maximum atomic E-state index is 8.09. The van der Waals surface area contributed by atoms with E-state index in [1.165, 1.54) is 10.8 Å². The van der Waals surface area contributed by atoms with Crippen LogP contribution in [-0.4, -0.2) is 9.13 Å². The van der Waals surface area contributed by atoms with Gasteiger partial charge in [0.25, 0.3) is 0 Å². The summed E-state index contributed by atoms with van der Waals surface area (Å²) in [5.74, 6) is 0. The molecule has 0 aliphatic rings. The topological polar surface area (TPSA) is 27.4 Å². The van der Waals surface area contributed by atoms with Crippen LogP contribution >= 0.6 is 0 Å². The minimum absolute atomic E-state index is 0.619. The van der Waals surface area contributed by atoms with Gasteiger partial charge < -0.3 is 13.6 Å². The van der Waals surface area contributed by atoms with Gasteiger partial charge >= 0.3 is 0 Å². The second-order valence-corrected chi connectivity index (χ2v) is 12.0. The van der Waals surface area contributed by atoms with Gasteiger partial charge in [0.2, 0.25) is 0 Å². The number of hydrogen-bond donors (Lipinski definition) is 0. The Hall–Kier alpha value is -6.57. The van der Waals surface area contributed by atoms with Gasteiger partial charge in [-0.25, -0.2) is 4.85 Å². The molecule has 0 N–H and O–H groups in total. The first-order valence-electron chi connectivity index (χ1n) is 15.7. The lowest BCUT2D eigenvalue weighted by molar-refractivity contribution is 0.673. The molecular formula is C43H25N3O. The fraction of sp³-hybridized carbons (Fsp3) is 0. The van der Waals surface area contributed by atoms with E-state index in [4.69, 9.17) is 11.0 Å². The van der Waals surface area contributed by atoms with E-state index in [2.05, 4.69) is 147 Å². The van der Waals surface area contributed by atoms with E-state index >= 15 is 0 Å². The Kier molecular flexibility index (Phi) is 5.32. The van der Waals surface area contributed by atoms with Crippen LogP contribution in [0.1, 0.15) is 0 Å². The molecule has 3 aromatic heterocycles. The summed E-state index contributed by atoms with van der Waals surface area (Å²) in [5, 5.41) is 6.91. The van der Waals surface area contributed by atoms with Crippen molar-refractivity contribution in [3.8, 4) is 22.5 Å². The summed E-state index contributed by atoms with van der Waals surface area (Å²) in [5.41, 5.74) is 10.8. The number of furan rings is 1. The molecule has 0 spiro atoms. The molecule has 4 heteroatoms. The Balaban J connectivity index is 1.21. The third-order valence-corrected chi connectivity index (χ3v) is 9.53. The van der Waals surface area contributed by atoms with Crippen LogP contribution < -0.4 is 0 Å². The Bertz CT molecular complexity index is 2880. The van der Waals surface area contributed by atoms with Crippen LogP contribution in [0, 0.1) is 6.57 Å². The Labute approximate surface area is 269 Å². The lowest BCUT2D eigenvalue weighted by atomic mass is 10.0. The molecule has 0 radical (unpaired) electrons. The van der Waals surface area contributed by atoms with Crippen molar-refractivity contribution in [2.75, 3.05) is 0 Å². The van der Waals surface area contributed by atoms with Crippen molar-refractivity contribution in [1.82, 2.24) is 9.13 Å². The van der Waals surface area contributed by atoms with Crippen LogP contribution in [0.2, 0.25) is 0 Å². The smallest absolute Gasteiger partial charge is 0.195 e. The van der Waals surface area contributed by atoms with Crippen molar-refractivity contribution in [3.05, 3.63) is 163 Å². The molecule has 3 heterocycles. The van der Waals surface area contributed by atoms with Gasteiger partial charge in [0.1, 0.15) is 11.2 Å². The van der Waals surface area contributed by atoms with Crippen molar-refractivity contribution in [2.24, 2.45) is 0 Å². The van der Waals surface area contributed by atoms with Crippen LogP contribution in [0.15, 0.2) is 156 Å². The number of rotatable bonds is 3. The van der Waals surface area contributed by atoms with Crippen molar-refractivity contribution in [1.29, 1.82) is 0 Å². The number of aromatic nitrogens is 2. The highest BCUT2D eigenvalue weighted by atomic mass is 16.3. The third-order valence-electron chi connectivity index (χ3n) is 9.53. The van der Waals surface area contributed by atoms with E-state index in [0.717, 1.165) is 77.3 Å². The molecule has 47 heavy (non-hydrogen) atoms. The first-order valence-corrected chi connectivity index (χ1v) is 15.7. The molecule has 218 valence electrons. The van der Waals surface area contributed by atoms with E-state index in [1.807, 2.05) is 18.2 Å². The predicted octanol–water partition coefficient (Wildman–Crippen LogP) is 12.0. The second-order valence-electron chi connectivity index (χ2n) is 12.0. The fourth-order valence-electron chi connectivity index (χ4n) is 7.52. The fourth-order valence-corrected chi connectivity index (χ4v) is 7.52. The zero-order valence-corrected chi connectivity index (χ0v) is 25.2. The molecule has 0 bridgehead atoms. The summed E-state index contributed by atoms with van der Waals surface area (Å²) in [6.45, 7) is 8.09. The van der Waals surface area contributed by atoms with E-state index < -0.39 is 0 Å². The normalized spacial score (nSPS) is 11.8. The molecule has 10 aromatic rings. The number of benzene rings is 7. The van der Waals surface area contributed by atoms with E-state index in [1.54, 1.807) is 0 Å². The minimum Gasteiger partial charge on any atom is -0.455 e. The zero-order chi connectivity index (χ0) is 31.1. The van der Waals surface area contributed by atoms with Crippen LogP contribution in [0.4, 0.5) is 5.69 Å². The summed E-state index contributed by atoms with van der Waals surface area (Å²) < 4.78 is 11.1. The van der Waals surface area contributed by atoms with Crippen LogP contribution in [0.25, 0.3) is 92.9 Å². The molecule has 0 fully saturated rings. The highest BCUT2D eigenvalue weighted by Crippen LogP contribution is 2.42. The molecule has 0 aliphatic heterocycles. The quantitative estimate of drug-likeness (QED) is 0.186. The standard InChI is InChI=1S/C43H25N3O/c1-44-36-23-21-29(46-39-19-8-4-16-34(39)42-40(46)24-22-33-32-15-5-9-20-41(32)47-43(33)42)26-35(36)27-11-10-12-28(25-27)45-37-17-6-2-13-30(37)31-14-3-7-18-38(31)45/h2-26H. The second kappa shape index (κ2) is 9.71. The van der Waals surface area contributed by atoms with Gasteiger partial charge in [0.05, 0.1) is 34.0 Å². The Morgan fingerprint density at radius 2 is 1.09 bits per heavy atom. The summed E-state index contributed by atoms with van der Waals surface area (Å²) in [4.78, 5) is 3.97. The molecule has 0 aliphatic carbocycles. The lowest BCUT2D eigenvalue weighted by Crippen LogP contribution is -1.96. The first kappa shape index (κ1) is 25.7. The number of para-hydroxylation sites is 4. The maximum absolute atomic E-state index is 8.09. The zero-order valence-electron chi connectivity index (χ0n) is 25.2. The van der Waals surface area contributed by atoms with Crippen molar-refractivity contribution in [3.63, 3.8) is 0 Å². The van der Waals surface area contributed by atoms with Crippen LogP contribution in [0.5, 0.6) is 0 Å². The number of hydrogen-bond acceptors (Lipinski definition) is 1. The molecule has 0 saturated heterocycles. The predicted molar refractivity (Wildman–Crippen MR) is 194 cm³/mol. The summed E-state index contributed by atoms with van der Waals surface area (Å²) in [7, 11) is 0. The van der Waals surface area contributed by atoms with Gasteiger partial charge in [-0.1, -0.05) is 91.0 Å². The minimum atomic E-state index is 0.619. The number of nitrogens with zero attached hydrogens (tertiary/aromatic N) is 3. The third kappa shape index (κ3) is 3.63. The summed E-state index contributed by atoms with van der Waals surface area (Å²) >= 11 is 0. The molecule has 0 unspecified atom stereocenters. The van der Waals surface area contributed by atoms with Gasteiger partial charge in [-0.3, -0.25) is 0 Å². The van der Waals surface area contributed by atoms with Crippen molar-refractivity contribution in [2.45, 2.75) is 0 Å². The van der Waals surface area contributed by atoms with Crippen molar-refractivity contribution < 1.29 is 4.42 Å². The van der Waals surface area contributed by atoms with E-state index in [9.17, 15) is 0 Å². The first-order chi connectivity index (χ1) is 23.3. The van der Waals surface area contributed by atoms with Gasteiger partial charge in [-0.05, 0) is 71.8 Å². The van der Waals surface area contributed by atoms with Gasteiger partial charge in [0, 0.05) is 38.3 Å². The molecular weight excluding hydrogens is 574 g/mol. The largest absolute Gasteiger partial charge is 0.455 e. The average Bonchev–Trinajstić information content (AvgIpc) is 3.79.